The van der Waals surface area contributed by atoms with Crippen molar-refractivity contribution in [1.82, 2.24) is 15.1 Å². The molecule has 8 heteroatoms. The van der Waals surface area contributed by atoms with Crippen LogP contribution in [0.1, 0.15) is 23.2 Å². The first-order chi connectivity index (χ1) is 12.0. The lowest BCUT2D eigenvalue weighted by Gasteiger charge is -2.34. The predicted octanol–water partition coefficient (Wildman–Crippen LogP) is 1.03. The van der Waals surface area contributed by atoms with Gasteiger partial charge < -0.3 is 25.0 Å². The molecule has 25 heavy (non-hydrogen) atoms. The minimum Gasteiger partial charge on any atom is -0.497 e. The number of carboxylic acid groups (broad SMARTS) is 1. The van der Waals surface area contributed by atoms with Gasteiger partial charge in [-0.3, -0.25) is 9.59 Å². The van der Waals surface area contributed by atoms with Crippen molar-refractivity contribution in [3.63, 3.8) is 0 Å². The van der Waals surface area contributed by atoms with Gasteiger partial charge in [0, 0.05) is 44.7 Å². The lowest BCUT2D eigenvalue weighted by atomic mass is 10.1. The average molecular weight is 349 g/mol. The molecule has 1 aliphatic heterocycles. The maximum Gasteiger partial charge on any atom is 0.317 e. The highest BCUT2D eigenvalue weighted by Gasteiger charge is 2.24. The molecular formula is C17H23N3O5. The molecule has 136 valence electrons. The number of ether oxygens (including phenoxy) is 1. The van der Waals surface area contributed by atoms with E-state index in [1.807, 2.05) is 0 Å². The van der Waals surface area contributed by atoms with Crippen LogP contribution in [0.2, 0.25) is 0 Å². The molecular weight excluding hydrogens is 326 g/mol. The molecule has 1 aliphatic rings. The molecule has 1 aromatic carbocycles. The summed E-state index contributed by atoms with van der Waals surface area (Å²) in [5.74, 6) is -0.329. The van der Waals surface area contributed by atoms with E-state index in [4.69, 9.17) is 9.84 Å². The molecule has 0 saturated carbocycles. The SMILES string of the molecule is COc1cccc(C(=O)N2CCN(C(=O)NCCCC(=O)O)CC2)c1. The minimum atomic E-state index is -0.876. The maximum atomic E-state index is 12.5. The van der Waals surface area contributed by atoms with Gasteiger partial charge in [-0.15, -0.1) is 0 Å². The summed E-state index contributed by atoms with van der Waals surface area (Å²) in [4.78, 5) is 38.3. The van der Waals surface area contributed by atoms with Crippen LogP contribution in [0, 0.1) is 0 Å². The first kappa shape index (κ1) is 18.6. The van der Waals surface area contributed by atoms with Crippen molar-refractivity contribution in [1.29, 1.82) is 0 Å². The molecule has 1 aromatic rings. The standard InChI is InChI=1S/C17H23N3O5/c1-25-14-5-2-4-13(12-14)16(23)19-8-10-20(11-9-19)17(24)18-7-3-6-15(21)22/h2,4-5,12H,3,6-11H2,1H3,(H,18,24)(H,21,22). The molecule has 1 fully saturated rings. The monoisotopic (exact) mass is 349 g/mol. The fourth-order valence-electron chi connectivity index (χ4n) is 2.60. The highest BCUT2D eigenvalue weighted by molar-refractivity contribution is 5.94. The van der Waals surface area contributed by atoms with Crippen LogP contribution in [0.3, 0.4) is 0 Å². The van der Waals surface area contributed by atoms with E-state index in [0.29, 0.717) is 50.5 Å². The molecule has 0 aliphatic carbocycles. The summed E-state index contributed by atoms with van der Waals surface area (Å²) in [5.41, 5.74) is 0.561. The third kappa shape index (κ3) is 5.37. The molecule has 2 N–H and O–H groups in total. The number of amides is 3. The summed E-state index contributed by atoms with van der Waals surface area (Å²) in [6.45, 7) is 2.13. The van der Waals surface area contributed by atoms with E-state index in [-0.39, 0.29) is 18.4 Å². The van der Waals surface area contributed by atoms with Crippen LogP contribution in [0.5, 0.6) is 5.75 Å². The Morgan fingerprint density at radius 3 is 2.48 bits per heavy atom. The van der Waals surface area contributed by atoms with Crippen molar-refractivity contribution < 1.29 is 24.2 Å². The van der Waals surface area contributed by atoms with E-state index < -0.39 is 5.97 Å². The zero-order valence-corrected chi connectivity index (χ0v) is 14.2. The third-order valence-corrected chi connectivity index (χ3v) is 4.01. The predicted molar refractivity (Wildman–Crippen MR) is 90.7 cm³/mol. The topological polar surface area (TPSA) is 99.2 Å². The highest BCUT2D eigenvalue weighted by Crippen LogP contribution is 2.15. The summed E-state index contributed by atoms with van der Waals surface area (Å²) in [5, 5.41) is 11.3. The number of methoxy groups -OCH3 is 1. The van der Waals surface area contributed by atoms with Gasteiger partial charge in [-0.25, -0.2) is 4.79 Å². The molecule has 1 heterocycles. The smallest absolute Gasteiger partial charge is 0.317 e. The van der Waals surface area contributed by atoms with Crippen LogP contribution in [0.25, 0.3) is 0 Å². The van der Waals surface area contributed by atoms with Gasteiger partial charge in [0.15, 0.2) is 0 Å². The minimum absolute atomic E-state index is 0.0309. The Labute approximate surface area is 146 Å². The van der Waals surface area contributed by atoms with Crippen molar-refractivity contribution >= 4 is 17.9 Å². The van der Waals surface area contributed by atoms with Crippen LogP contribution in [0.15, 0.2) is 24.3 Å². The van der Waals surface area contributed by atoms with Crippen LogP contribution in [-0.4, -0.2) is 72.6 Å². The number of urea groups is 1. The lowest BCUT2D eigenvalue weighted by Crippen LogP contribution is -2.53. The summed E-state index contributed by atoms with van der Waals surface area (Å²) in [6, 6.07) is 6.77. The van der Waals surface area contributed by atoms with Gasteiger partial charge in [0.1, 0.15) is 5.75 Å². The number of carbonyl (C=O) groups is 3. The number of rotatable bonds is 6. The number of hydrogen-bond donors (Lipinski definition) is 2. The maximum absolute atomic E-state index is 12.5. The number of hydrogen-bond acceptors (Lipinski definition) is 4. The van der Waals surface area contributed by atoms with Crippen molar-refractivity contribution in [2.45, 2.75) is 12.8 Å². The van der Waals surface area contributed by atoms with E-state index in [0.717, 1.165) is 0 Å². The number of carbonyl (C=O) groups excluding carboxylic acids is 2. The average Bonchev–Trinajstić information content (AvgIpc) is 2.64. The highest BCUT2D eigenvalue weighted by atomic mass is 16.5. The molecule has 0 bridgehead atoms. The van der Waals surface area contributed by atoms with Crippen LogP contribution in [-0.2, 0) is 4.79 Å². The zero-order chi connectivity index (χ0) is 18.2. The Hall–Kier alpha value is -2.77. The van der Waals surface area contributed by atoms with Crippen LogP contribution < -0.4 is 10.1 Å². The molecule has 0 spiro atoms. The van der Waals surface area contributed by atoms with E-state index in [1.54, 1.807) is 41.2 Å². The molecule has 2 rings (SSSR count). The third-order valence-electron chi connectivity index (χ3n) is 4.01. The number of carboxylic acids is 1. The quantitative estimate of drug-likeness (QED) is 0.747. The van der Waals surface area contributed by atoms with E-state index in [9.17, 15) is 14.4 Å². The van der Waals surface area contributed by atoms with Gasteiger partial charge >= 0.3 is 12.0 Å². The van der Waals surface area contributed by atoms with Crippen molar-refractivity contribution in [3.05, 3.63) is 29.8 Å². The van der Waals surface area contributed by atoms with Crippen molar-refractivity contribution in [2.75, 3.05) is 39.8 Å². The molecule has 0 aromatic heterocycles. The van der Waals surface area contributed by atoms with Crippen LogP contribution >= 0.6 is 0 Å². The van der Waals surface area contributed by atoms with E-state index in [1.165, 1.54) is 0 Å². The molecule has 0 atom stereocenters. The summed E-state index contributed by atoms with van der Waals surface area (Å²) < 4.78 is 5.13. The Kier molecular flexibility index (Phi) is 6.62. The molecule has 8 nitrogen and oxygen atoms in total. The van der Waals surface area contributed by atoms with Crippen LogP contribution in [0.4, 0.5) is 4.79 Å². The largest absolute Gasteiger partial charge is 0.497 e. The number of aliphatic carboxylic acids is 1. The number of nitrogens with one attached hydrogen (secondary N) is 1. The number of piperazine rings is 1. The fraction of sp³-hybridized carbons (Fsp3) is 0.471. The van der Waals surface area contributed by atoms with Gasteiger partial charge in [-0.1, -0.05) is 6.07 Å². The molecule has 3 amide bonds. The van der Waals surface area contributed by atoms with Gasteiger partial charge in [0.05, 0.1) is 7.11 Å². The number of nitrogens with zero attached hydrogens (tertiary/aromatic N) is 2. The molecule has 0 unspecified atom stereocenters. The summed E-state index contributed by atoms with van der Waals surface area (Å²) >= 11 is 0. The molecule has 0 radical (unpaired) electrons. The first-order valence-electron chi connectivity index (χ1n) is 8.19. The van der Waals surface area contributed by atoms with E-state index >= 15 is 0 Å². The zero-order valence-electron chi connectivity index (χ0n) is 14.2. The second-order valence-electron chi connectivity index (χ2n) is 5.74. The second kappa shape index (κ2) is 8.91. The lowest BCUT2D eigenvalue weighted by molar-refractivity contribution is -0.137. The second-order valence-corrected chi connectivity index (χ2v) is 5.74. The first-order valence-corrected chi connectivity index (χ1v) is 8.19. The Bertz CT molecular complexity index is 626. The Balaban J connectivity index is 1.79. The summed E-state index contributed by atoms with van der Waals surface area (Å²) in [7, 11) is 1.55. The van der Waals surface area contributed by atoms with E-state index in [2.05, 4.69) is 5.32 Å². The van der Waals surface area contributed by atoms with Crippen molar-refractivity contribution in [2.24, 2.45) is 0 Å². The summed E-state index contributed by atoms with van der Waals surface area (Å²) in [6.07, 6.45) is 0.429. The van der Waals surface area contributed by atoms with Gasteiger partial charge in [0.25, 0.3) is 5.91 Å². The Morgan fingerprint density at radius 1 is 1.16 bits per heavy atom. The fourth-order valence-corrected chi connectivity index (χ4v) is 2.60. The normalized spacial score (nSPS) is 14.1. The van der Waals surface area contributed by atoms with Crippen molar-refractivity contribution in [3.8, 4) is 5.75 Å². The van der Waals surface area contributed by atoms with Gasteiger partial charge in [-0.05, 0) is 24.6 Å². The van der Waals surface area contributed by atoms with Gasteiger partial charge in [0.2, 0.25) is 0 Å². The Morgan fingerprint density at radius 2 is 1.84 bits per heavy atom. The molecule has 1 saturated heterocycles. The van der Waals surface area contributed by atoms with Gasteiger partial charge in [-0.2, -0.15) is 0 Å². The number of benzene rings is 1.